The Bertz CT molecular complexity index is 83.0. The number of hydrogen-bond acceptors (Lipinski definition) is 2. The summed E-state index contributed by atoms with van der Waals surface area (Å²) < 4.78 is 0. The van der Waals surface area contributed by atoms with Gasteiger partial charge in [0.1, 0.15) is 0 Å². The minimum Gasteiger partial charge on any atom is -0.302 e. The topological polar surface area (TPSA) is 35.8 Å². The van der Waals surface area contributed by atoms with Crippen LogP contribution in [0.15, 0.2) is 0 Å². The van der Waals surface area contributed by atoms with Crippen molar-refractivity contribution in [2.45, 2.75) is 26.3 Å². The minimum atomic E-state index is 0.0556. The van der Waals surface area contributed by atoms with Gasteiger partial charge in [0, 0.05) is 0 Å². The van der Waals surface area contributed by atoms with E-state index in [0.29, 0.717) is 0 Å². The summed E-state index contributed by atoms with van der Waals surface area (Å²) in [5, 5.41) is 11.4. The highest BCUT2D eigenvalue weighted by Crippen LogP contribution is 1.84. The van der Waals surface area contributed by atoms with Gasteiger partial charge in [-0.05, 0) is 13.0 Å². The molecule has 0 bridgehead atoms. The summed E-state index contributed by atoms with van der Waals surface area (Å²) in [6, 6.07) is 2.20. The van der Waals surface area contributed by atoms with E-state index in [1.54, 1.807) is 0 Å². The second kappa shape index (κ2) is 4.61. The van der Waals surface area contributed by atoms with Crippen molar-refractivity contribution < 1.29 is 0 Å². The van der Waals surface area contributed by atoms with Crippen molar-refractivity contribution in [3.05, 3.63) is 0 Å². The predicted octanol–water partition coefficient (Wildman–Crippen LogP) is 0.898. The minimum absolute atomic E-state index is 0.0556. The molecule has 0 spiro atoms. The smallest absolute Gasteiger partial charge is 0.0950 e. The molecule has 1 atom stereocenters. The fourth-order valence-electron chi connectivity index (χ4n) is 0.528. The first-order chi connectivity index (χ1) is 3.85. The standard InChI is InChI=1S/C6H12N2/c1-3-6(5-7)8-4-2/h6,8H,3-4H2,1-2H3. The zero-order valence-electron chi connectivity index (χ0n) is 5.44. The molecule has 0 radical (unpaired) electrons. The van der Waals surface area contributed by atoms with E-state index < -0.39 is 0 Å². The summed E-state index contributed by atoms with van der Waals surface area (Å²) in [4.78, 5) is 0. The van der Waals surface area contributed by atoms with Crippen molar-refractivity contribution in [2.24, 2.45) is 0 Å². The predicted molar refractivity (Wildman–Crippen MR) is 33.4 cm³/mol. The summed E-state index contributed by atoms with van der Waals surface area (Å²) >= 11 is 0. The molecule has 1 N–H and O–H groups in total. The van der Waals surface area contributed by atoms with E-state index >= 15 is 0 Å². The highest BCUT2D eigenvalue weighted by Gasteiger charge is 1.97. The fourth-order valence-corrected chi connectivity index (χ4v) is 0.528. The maximum Gasteiger partial charge on any atom is 0.0950 e. The first-order valence-electron chi connectivity index (χ1n) is 2.98. The van der Waals surface area contributed by atoms with Gasteiger partial charge >= 0.3 is 0 Å². The Morgan fingerprint density at radius 1 is 1.62 bits per heavy atom. The lowest BCUT2D eigenvalue weighted by molar-refractivity contribution is 0.609. The average Bonchev–Trinajstić information content (AvgIpc) is 1.83. The van der Waals surface area contributed by atoms with Crippen LogP contribution in [0, 0.1) is 11.3 Å². The summed E-state index contributed by atoms with van der Waals surface area (Å²) in [5.41, 5.74) is 0. The van der Waals surface area contributed by atoms with Crippen LogP contribution >= 0.6 is 0 Å². The first kappa shape index (κ1) is 7.45. The van der Waals surface area contributed by atoms with Crippen LogP contribution in [0.4, 0.5) is 0 Å². The summed E-state index contributed by atoms with van der Waals surface area (Å²) in [7, 11) is 0. The van der Waals surface area contributed by atoms with Gasteiger partial charge in [-0.15, -0.1) is 0 Å². The Balaban J connectivity index is 3.26. The number of hydrogen-bond donors (Lipinski definition) is 1. The van der Waals surface area contributed by atoms with E-state index in [2.05, 4.69) is 11.4 Å². The van der Waals surface area contributed by atoms with Gasteiger partial charge in [0.15, 0.2) is 0 Å². The van der Waals surface area contributed by atoms with Crippen molar-refractivity contribution in [1.82, 2.24) is 5.32 Å². The Morgan fingerprint density at radius 3 is 2.38 bits per heavy atom. The monoisotopic (exact) mass is 112 g/mol. The molecule has 0 aliphatic rings. The van der Waals surface area contributed by atoms with E-state index in [9.17, 15) is 0 Å². The van der Waals surface area contributed by atoms with E-state index in [1.165, 1.54) is 0 Å². The highest BCUT2D eigenvalue weighted by molar-refractivity contribution is 4.87. The van der Waals surface area contributed by atoms with Gasteiger partial charge in [0.25, 0.3) is 0 Å². The van der Waals surface area contributed by atoms with Gasteiger partial charge < -0.3 is 5.32 Å². The van der Waals surface area contributed by atoms with Crippen LogP contribution < -0.4 is 5.32 Å². The van der Waals surface area contributed by atoms with Gasteiger partial charge in [0.2, 0.25) is 0 Å². The van der Waals surface area contributed by atoms with Crippen LogP contribution in [0.2, 0.25) is 0 Å². The molecule has 46 valence electrons. The van der Waals surface area contributed by atoms with Crippen LogP contribution in [0.3, 0.4) is 0 Å². The van der Waals surface area contributed by atoms with Crippen LogP contribution in [-0.2, 0) is 0 Å². The zero-order chi connectivity index (χ0) is 6.41. The van der Waals surface area contributed by atoms with E-state index in [0.717, 1.165) is 13.0 Å². The maximum absolute atomic E-state index is 8.34. The number of nitrogens with one attached hydrogen (secondary N) is 1. The molecule has 0 heterocycles. The number of nitrogens with zero attached hydrogens (tertiary/aromatic N) is 1. The third-order valence-corrected chi connectivity index (χ3v) is 1.01. The summed E-state index contributed by atoms with van der Waals surface area (Å²) in [6.45, 7) is 4.88. The second-order valence-corrected chi connectivity index (χ2v) is 1.65. The van der Waals surface area contributed by atoms with Crippen LogP contribution in [0.5, 0.6) is 0 Å². The molecule has 0 rings (SSSR count). The highest BCUT2D eigenvalue weighted by atomic mass is 14.9. The van der Waals surface area contributed by atoms with Crippen molar-refractivity contribution >= 4 is 0 Å². The van der Waals surface area contributed by atoms with Gasteiger partial charge in [0.05, 0.1) is 12.1 Å². The normalized spacial score (nSPS) is 12.6. The first-order valence-corrected chi connectivity index (χ1v) is 2.98. The van der Waals surface area contributed by atoms with Gasteiger partial charge in [-0.2, -0.15) is 5.26 Å². The van der Waals surface area contributed by atoms with E-state index in [1.807, 2.05) is 13.8 Å². The van der Waals surface area contributed by atoms with Crippen molar-refractivity contribution in [2.75, 3.05) is 6.54 Å². The molecule has 2 heteroatoms. The number of nitriles is 1. The lowest BCUT2D eigenvalue weighted by atomic mass is 10.2. The molecule has 0 aromatic carbocycles. The molecule has 0 aromatic heterocycles. The molecular weight excluding hydrogens is 100 g/mol. The Hall–Kier alpha value is -0.550. The second-order valence-electron chi connectivity index (χ2n) is 1.65. The quantitative estimate of drug-likeness (QED) is 0.588. The van der Waals surface area contributed by atoms with E-state index in [4.69, 9.17) is 5.26 Å². The van der Waals surface area contributed by atoms with Crippen molar-refractivity contribution in [1.29, 1.82) is 5.26 Å². The SMILES string of the molecule is CCNC(C#N)CC. The molecule has 0 fully saturated rings. The molecule has 0 aromatic rings. The largest absolute Gasteiger partial charge is 0.302 e. The fraction of sp³-hybridized carbons (Fsp3) is 0.833. The molecule has 0 aliphatic heterocycles. The average molecular weight is 112 g/mol. The number of rotatable bonds is 3. The molecular formula is C6H12N2. The molecule has 0 saturated carbocycles. The third-order valence-electron chi connectivity index (χ3n) is 1.01. The van der Waals surface area contributed by atoms with Crippen LogP contribution in [-0.4, -0.2) is 12.6 Å². The lowest BCUT2D eigenvalue weighted by Gasteiger charge is -2.03. The maximum atomic E-state index is 8.34. The summed E-state index contributed by atoms with van der Waals surface area (Å²) in [5.74, 6) is 0. The molecule has 2 nitrogen and oxygen atoms in total. The van der Waals surface area contributed by atoms with Crippen LogP contribution in [0.1, 0.15) is 20.3 Å². The van der Waals surface area contributed by atoms with Gasteiger partial charge in [-0.25, -0.2) is 0 Å². The van der Waals surface area contributed by atoms with Gasteiger partial charge in [-0.3, -0.25) is 0 Å². The molecule has 0 saturated heterocycles. The van der Waals surface area contributed by atoms with Crippen molar-refractivity contribution in [3.8, 4) is 6.07 Å². The molecule has 8 heavy (non-hydrogen) atoms. The Morgan fingerprint density at radius 2 is 2.25 bits per heavy atom. The van der Waals surface area contributed by atoms with E-state index in [-0.39, 0.29) is 6.04 Å². The summed E-state index contributed by atoms with van der Waals surface area (Å²) in [6.07, 6.45) is 0.893. The Kier molecular flexibility index (Phi) is 4.29. The molecule has 1 unspecified atom stereocenters. The zero-order valence-corrected chi connectivity index (χ0v) is 5.44. The molecule has 0 amide bonds. The van der Waals surface area contributed by atoms with Crippen LogP contribution in [0.25, 0.3) is 0 Å². The Labute approximate surface area is 50.5 Å². The third kappa shape index (κ3) is 2.59. The molecule has 0 aliphatic carbocycles. The lowest BCUT2D eigenvalue weighted by Crippen LogP contribution is -2.25. The van der Waals surface area contributed by atoms with Gasteiger partial charge in [-0.1, -0.05) is 13.8 Å². The van der Waals surface area contributed by atoms with Crippen molar-refractivity contribution in [3.63, 3.8) is 0 Å².